The summed E-state index contributed by atoms with van der Waals surface area (Å²) in [6.45, 7) is 3.60. The number of likely N-dealkylation sites (N-methyl/N-ethyl adjacent to an activating group) is 1. The quantitative estimate of drug-likeness (QED) is 0.206. The van der Waals surface area contributed by atoms with Crippen LogP contribution in [0.15, 0.2) is 60.7 Å². The number of hydrogen-bond donors (Lipinski definition) is 4. The predicted octanol–water partition coefficient (Wildman–Crippen LogP) is 2.77. The summed E-state index contributed by atoms with van der Waals surface area (Å²) in [5.74, 6) is -2.94. The van der Waals surface area contributed by atoms with Crippen LogP contribution in [0.5, 0.6) is 5.75 Å². The van der Waals surface area contributed by atoms with E-state index in [4.69, 9.17) is 4.74 Å². The number of fused-ring (bicyclic) bond motifs is 2. The number of carboxylic acids is 1. The first-order valence-electron chi connectivity index (χ1n) is 14.6. The zero-order valence-electron chi connectivity index (χ0n) is 25.3. The summed E-state index contributed by atoms with van der Waals surface area (Å²) in [6.07, 6.45) is 0.396. The number of nitrogens with one attached hydrogen (secondary N) is 3. The number of carbonyl (C=O) groups is 5. The van der Waals surface area contributed by atoms with Crippen molar-refractivity contribution in [2.75, 3.05) is 20.7 Å². The van der Waals surface area contributed by atoms with Crippen molar-refractivity contribution in [2.45, 2.75) is 51.2 Å². The van der Waals surface area contributed by atoms with Crippen LogP contribution in [0.2, 0.25) is 0 Å². The second-order valence-electron chi connectivity index (χ2n) is 11.2. The highest BCUT2D eigenvalue weighted by Gasteiger charge is 2.40. The number of nitrogens with zero attached hydrogens (tertiary/aromatic N) is 1. The third-order valence-electron chi connectivity index (χ3n) is 7.67. The molecule has 11 heteroatoms. The maximum absolute atomic E-state index is 13.5. The molecule has 0 saturated carbocycles. The molecule has 0 saturated heterocycles. The molecule has 0 aliphatic carbocycles. The highest BCUT2D eigenvalue weighted by molar-refractivity contribution is 6.25. The summed E-state index contributed by atoms with van der Waals surface area (Å²) in [7, 11) is 2.91. The number of carbonyl (C=O) groups excluding carboxylic acids is 4. The van der Waals surface area contributed by atoms with Gasteiger partial charge >= 0.3 is 5.97 Å². The lowest BCUT2D eigenvalue weighted by molar-refractivity contribution is -0.140. The Kier molecular flexibility index (Phi) is 10.3. The molecule has 1 heterocycles. The maximum atomic E-state index is 13.5. The van der Waals surface area contributed by atoms with E-state index in [2.05, 4.69) is 16.0 Å². The van der Waals surface area contributed by atoms with Gasteiger partial charge < -0.3 is 20.5 Å². The number of aliphatic carboxylic acids is 1. The lowest BCUT2D eigenvalue weighted by Gasteiger charge is -2.27. The second-order valence-corrected chi connectivity index (χ2v) is 11.2. The third kappa shape index (κ3) is 7.05. The molecular formula is C33H38N4O7. The van der Waals surface area contributed by atoms with E-state index >= 15 is 0 Å². The fourth-order valence-electron chi connectivity index (χ4n) is 5.49. The van der Waals surface area contributed by atoms with Crippen molar-refractivity contribution >= 4 is 40.4 Å². The first-order valence-corrected chi connectivity index (χ1v) is 14.6. The summed E-state index contributed by atoms with van der Waals surface area (Å²) in [6, 6.07) is 15.0. The molecule has 3 aromatic rings. The minimum atomic E-state index is -1.26. The Balaban J connectivity index is 1.50. The summed E-state index contributed by atoms with van der Waals surface area (Å²) >= 11 is 0. The first kappa shape index (κ1) is 32.2. The monoisotopic (exact) mass is 602 g/mol. The number of imide groups is 1. The smallest absolute Gasteiger partial charge is 0.320 e. The fourth-order valence-corrected chi connectivity index (χ4v) is 5.49. The Hall–Kier alpha value is -4.77. The summed E-state index contributed by atoms with van der Waals surface area (Å²) < 4.78 is 5.53. The van der Waals surface area contributed by atoms with Crippen molar-refractivity contribution in [1.82, 2.24) is 20.9 Å². The van der Waals surface area contributed by atoms with Crippen molar-refractivity contribution in [3.8, 4) is 5.75 Å². The molecule has 0 fully saturated rings. The normalized spacial score (nSPS) is 14.7. The van der Waals surface area contributed by atoms with Crippen molar-refractivity contribution in [3.05, 3.63) is 77.4 Å². The van der Waals surface area contributed by atoms with Gasteiger partial charge in [-0.3, -0.25) is 34.2 Å². The number of rotatable bonds is 14. The van der Waals surface area contributed by atoms with E-state index in [1.165, 1.54) is 14.2 Å². The van der Waals surface area contributed by atoms with Crippen LogP contribution < -0.4 is 20.7 Å². The molecule has 4 rings (SSSR count). The van der Waals surface area contributed by atoms with Gasteiger partial charge in [0.25, 0.3) is 11.8 Å². The number of amides is 4. The van der Waals surface area contributed by atoms with Gasteiger partial charge in [0.05, 0.1) is 24.3 Å². The van der Waals surface area contributed by atoms with Crippen molar-refractivity contribution < 1.29 is 33.8 Å². The van der Waals surface area contributed by atoms with E-state index < -0.39 is 41.8 Å². The molecule has 3 aromatic carbocycles. The van der Waals surface area contributed by atoms with Crippen LogP contribution in [0, 0.1) is 5.92 Å². The lowest BCUT2D eigenvalue weighted by atomic mass is 10.00. The lowest BCUT2D eigenvalue weighted by Crippen LogP contribution is -2.56. The van der Waals surface area contributed by atoms with E-state index in [1.54, 1.807) is 12.1 Å². The molecular weight excluding hydrogens is 564 g/mol. The number of benzene rings is 3. The maximum Gasteiger partial charge on any atom is 0.320 e. The van der Waals surface area contributed by atoms with Crippen LogP contribution in [0.4, 0.5) is 0 Å². The van der Waals surface area contributed by atoms with Gasteiger partial charge in [-0.05, 0) is 35.8 Å². The van der Waals surface area contributed by atoms with Crippen molar-refractivity contribution in [3.63, 3.8) is 0 Å². The van der Waals surface area contributed by atoms with Crippen LogP contribution >= 0.6 is 0 Å². The number of ether oxygens (including phenoxy) is 1. The minimum absolute atomic E-state index is 0.0121. The van der Waals surface area contributed by atoms with Crippen molar-refractivity contribution in [2.24, 2.45) is 5.92 Å². The molecule has 0 aromatic heterocycles. The molecule has 4 amide bonds. The van der Waals surface area contributed by atoms with Crippen LogP contribution in [0.3, 0.4) is 0 Å². The first-order chi connectivity index (χ1) is 21.0. The molecule has 3 atom stereocenters. The largest absolute Gasteiger partial charge is 0.495 e. The van der Waals surface area contributed by atoms with Crippen LogP contribution in [-0.2, 0) is 20.8 Å². The summed E-state index contributed by atoms with van der Waals surface area (Å²) in [5.41, 5.74) is 1.19. The van der Waals surface area contributed by atoms with E-state index in [-0.39, 0.29) is 48.8 Å². The molecule has 11 nitrogen and oxygen atoms in total. The standard InChI is InChI=1S/C33H38N4O7/c1-19(2)16-25(30(39)36-26(29(38)34-3)17-20-10-6-5-7-11-20)35-24(33(42)43)14-15-37-31(40)23-18-21-12-8-9-13-22(21)28(44-4)27(23)32(37)41/h5-13,18-19,24-26,35H,14-17H2,1-4H3,(H,34,38)(H,36,39)(H,42,43)/t24?,25-,26-/m0/s1. The third-order valence-corrected chi connectivity index (χ3v) is 7.67. The Labute approximate surface area is 255 Å². The van der Waals surface area contributed by atoms with Crippen LogP contribution in [0.25, 0.3) is 10.8 Å². The molecule has 0 radical (unpaired) electrons. The second kappa shape index (κ2) is 14.1. The zero-order valence-corrected chi connectivity index (χ0v) is 25.3. The SMILES string of the molecule is CNC(=O)[C@H](Cc1ccccc1)NC(=O)[C@H](CC(C)C)NC(CCN1C(=O)c2cc3ccccc3c(OC)c2C1=O)C(=O)O. The Morgan fingerprint density at radius 3 is 2.23 bits per heavy atom. The van der Waals surface area contributed by atoms with Gasteiger partial charge in [0.15, 0.2) is 0 Å². The van der Waals surface area contributed by atoms with E-state index in [0.717, 1.165) is 15.8 Å². The molecule has 1 unspecified atom stereocenters. The van der Waals surface area contributed by atoms with Gasteiger partial charge in [-0.15, -0.1) is 0 Å². The average molecular weight is 603 g/mol. The van der Waals surface area contributed by atoms with E-state index in [1.807, 2.05) is 62.4 Å². The van der Waals surface area contributed by atoms with E-state index in [0.29, 0.717) is 11.1 Å². The van der Waals surface area contributed by atoms with Gasteiger partial charge in [-0.1, -0.05) is 68.4 Å². The molecule has 0 bridgehead atoms. The average Bonchev–Trinajstić information content (AvgIpc) is 3.24. The number of methoxy groups -OCH3 is 1. The molecule has 1 aliphatic rings. The predicted molar refractivity (Wildman–Crippen MR) is 164 cm³/mol. The molecule has 1 aliphatic heterocycles. The topological polar surface area (TPSA) is 154 Å². The Morgan fingerprint density at radius 2 is 1.59 bits per heavy atom. The van der Waals surface area contributed by atoms with Gasteiger partial charge in [0.1, 0.15) is 17.8 Å². The number of carboxylic acid groups (broad SMARTS) is 1. The molecule has 232 valence electrons. The Bertz CT molecular complexity index is 1560. The highest BCUT2D eigenvalue weighted by Crippen LogP contribution is 2.37. The fraction of sp³-hybridized carbons (Fsp3) is 0.364. The number of hydrogen-bond acceptors (Lipinski definition) is 7. The summed E-state index contributed by atoms with van der Waals surface area (Å²) in [4.78, 5) is 66.2. The highest BCUT2D eigenvalue weighted by atomic mass is 16.5. The molecule has 0 spiro atoms. The van der Waals surface area contributed by atoms with Crippen LogP contribution in [-0.4, -0.2) is 78.4 Å². The van der Waals surface area contributed by atoms with Gasteiger partial charge in [-0.25, -0.2) is 0 Å². The minimum Gasteiger partial charge on any atom is -0.495 e. The van der Waals surface area contributed by atoms with Crippen molar-refractivity contribution in [1.29, 1.82) is 0 Å². The summed E-state index contributed by atoms with van der Waals surface area (Å²) in [5, 5.41) is 19.8. The van der Waals surface area contributed by atoms with Gasteiger partial charge in [0.2, 0.25) is 11.8 Å². The van der Waals surface area contributed by atoms with E-state index in [9.17, 15) is 29.1 Å². The molecule has 4 N–H and O–H groups in total. The van der Waals surface area contributed by atoms with Gasteiger partial charge in [0, 0.05) is 25.4 Å². The molecule has 44 heavy (non-hydrogen) atoms. The van der Waals surface area contributed by atoms with Crippen LogP contribution in [0.1, 0.15) is 53.0 Å². The van der Waals surface area contributed by atoms with Gasteiger partial charge in [-0.2, -0.15) is 0 Å². The Morgan fingerprint density at radius 1 is 0.909 bits per heavy atom. The zero-order chi connectivity index (χ0) is 32.0.